The molecule has 0 unspecified atom stereocenters. The topological polar surface area (TPSA) is 26.8 Å². The molecule has 1 aromatic carbocycles. The number of nitrogens with zero attached hydrogens (tertiary/aromatic N) is 3. The number of hydrogen-bond donors (Lipinski definition) is 0. The summed E-state index contributed by atoms with van der Waals surface area (Å²) < 4.78 is 0. The number of anilines is 1. The Morgan fingerprint density at radius 2 is 1.76 bits per heavy atom. The number of hydrogen-bond acceptors (Lipinski definition) is 3. The largest absolute Gasteiger partial charge is 0.363 e. The van der Waals surface area contributed by atoms with E-state index in [0.29, 0.717) is 32.2 Å². The van der Waals surface area contributed by atoms with Crippen LogP contribution in [0.2, 0.25) is 10.0 Å². The molecule has 0 aliphatic carbocycles. The molecule has 7 heteroatoms. The van der Waals surface area contributed by atoms with Crippen LogP contribution in [0.25, 0.3) is 0 Å². The molecule has 1 amide bonds. The monoisotopic (exact) mass is 399 g/mol. The lowest BCUT2D eigenvalue weighted by Crippen LogP contribution is -2.47. The third kappa shape index (κ3) is 3.54. The fourth-order valence-electron chi connectivity index (χ4n) is 3.24. The highest BCUT2D eigenvalue weighted by Crippen LogP contribution is 2.38. The van der Waals surface area contributed by atoms with E-state index >= 15 is 0 Å². The second-order valence-corrected chi connectivity index (χ2v) is 7.37. The zero-order chi connectivity index (χ0) is 18.1. The zero-order valence-corrected chi connectivity index (χ0v) is 16.3. The fourth-order valence-corrected chi connectivity index (χ4v) is 3.82. The van der Waals surface area contributed by atoms with Crippen molar-refractivity contribution in [3.05, 3.63) is 51.2 Å². The smallest absolute Gasteiger partial charge is 0.280 e. The van der Waals surface area contributed by atoms with E-state index < -0.39 is 0 Å². The highest BCUT2D eigenvalue weighted by molar-refractivity contribution is 6.42. The first kappa shape index (κ1) is 18.6. The van der Waals surface area contributed by atoms with Gasteiger partial charge >= 0.3 is 0 Å². The molecular formula is C18H20Cl3N3O. The predicted molar refractivity (Wildman–Crippen MR) is 104 cm³/mol. The van der Waals surface area contributed by atoms with Gasteiger partial charge in [0.2, 0.25) is 0 Å². The van der Waals surface area contributed by atoms with Crippen LogP contribution in [0.15, 0.2) is 41.2 Å². The van der Waals surface area contributed by atoms with Crippen molar-refractivity contribution < 1.29 is 4.79 Å². The standard InChI is InChI=1S/C18H20Cl3N3O/c1-3-6-22-7-9-23(10-8-22)17-16(21)12(2)24(18(17)25)13-4-5-14(19)15(20)11-13/h4-5,11H,2-3,6-10H2,1H3. The van der Waals surface area contributed by atoms with Gasteiger partial charge in [0, 0.05) is 26.2 Å². The molecule has 2 heterocycles. The molecule has 2 aliphatic rings. The summed E-state index contributed by atoms with van der Waals surface area (Å²) >= 11 is 18.5. The summed E-state index contributed by atoms with van der Waals surface area (Å²) in [4.78, 5) is 19.0. The lowest BCUT2D eigenvalue weighted by Gasteiger charge is -2.36. The van der Waals surface area contributed by atoms with Crippen LogP contribution in [0.5, 0.6) is 0 Å². The zero-order valence-electron chi connectivity index (χ0n) is 14.1. The Balaban J connectivity index is 1.81. The minimum absolute atomic E-state index is 0.169. The molecule has 4 nitrogen and oxygen atoms in total. The summed E-state index contributed by atoms with van der Waals surface area (Å²) in [5.74, 6) is -0.169. The Labute approximate surface area is 163 Å². The van der Waals surface area contributed by atoms with Crippen LogP contribution in [0.4, 0.5) is 5.69 Å². The summed E-state index contributed by atoms with van der Waals surface area (Å²) in [6.45, 7) is 10.6. The average Bonchev–Trinajstić information content (AvgIpc) is 2.81. The second kappa shape index (κ2) is 7.58. The molecule has 0 spiro atoms. The molecule has 0 radical (unpaired) electrons. The van der Waals surface area contributed by atoms with Gasteiger partial charge in [-0.05, 0) is 31.2 Å². The van der Waals surface area contributed by atoms with Crippen molar-refractivity contribution in [2.45, 2.75) is 13.3 Å². The van der Waals surface area contributed by atoms with Crippen LogP contribution in [0.1, 0.15) is 13.3 Å². The second-order valence-electron chi connectivity index (χ2n) is 6.18. The van der Waals surface area contributed by atoms with Crippen molar-refractivity contribution in [2.24, 2.45) is 0 Å². The molecule has 0 atom stereocenters. The number of carbonyl (C=O) groups is 1. The van der Waals surface area contributed by atoms with E-state index in [2.05, 4.69) is 23.3 Å². The van der Waals surface area contributed by atoms with Crippen LogP contribution in [-0.4, -0.2) is 48.4 Å². The van der Waals surface area contributed by atoms with Crippen molar-refractivity contribution in [3.63, 3.8) is 0 Å². The Morgan fingerprint density at radius 3 is 2.36 bits per heavy atom. The molecule has 0 N–H and O–H groups in total. The van der Waals surface area contributed by atoms with E-state index in [9.17, 15) is 4.79 Å². The van der Waals surface area contributed by atoms with Gasteiger partial charge in [-0.2, -0.15) is 0 Å². The molecule has 25 heavy (non-hydrogen) atoms. The van der Waals surface area contributed by atoms with Gasteiger partial charge in [-0.3, -0.25) is 14.6 Å². The number of piperazine rings is 1. The maximum Gasteiger partial charge on any atom is 0.280 e. The molecule has 2 aliphatic heterocycles. The summed E-state index contributed by atoms with van der Waals surface area (Å²) in [7, 11) is 0. The van der Waals surface area contributed by atoms with E-state index in [-0.39, 0.29) is 5.91 Å². The summed E-state index contributed by atoms with van der Waals surface area (Å²) in [6.07, 6.45) is 1.13. The molecule has 1 saturated heterocycles. The minimum Gasteiger partial charge on any atom is -0.363 e. The normalized spacial score (nSPS) is 19.4. The molecule has 3 rings (SSSR count). The van der Waals surface area contributed by atoms with Gasteiger partial charge in [-0.15, -0.1) is 0 Å². The van der Waals surface area contributed by atoms with Crippen LogP contribution < -0.4 is 4.90 Å². The highest BCUT2D eigenvalue weighted by Gasteiger charge is 2.38. The predicted octanol–water partition coefficient (Wildman–Crippen LogP) is 4.33. The summed E-state index contributed by atoms with van der Waals surface area (Å²) in [5.41, 5.74) is 1.60. The van der Waals surface area contributed by atoms with Gasteiger partial charge in [0.25, 0.3) is 5.91 Å². The van der Waals surface area contributed by atoms with Crippen LogP contribution in [0, 0.1) is 0 Å². The Bertz CT molecular complexity index is 739. The van der Waals surface area contributed by atoms with E-state index in [0.717, 1.165) is 39.1 Å². The Morgan fingerprint density at radius 1 is 1.08 bits per heavy atom. The first-order chi connectivity index (χ1) is 11.9. The molecule has 1 aromatic rings. The van der Waals surface area contributed by atoms with E-state index in [1.807, 2.05) is 0 Å². The first-order valence-corrected chi connectivity index (χ1v) is 9.43. The Kier molecular flexibility index (Phi) is 5.64. The molecule has 0 saturated carbocycles. The van der Waals surface area contributed by atoms with E-state index in [1.165, 1.54) is 4.90 Å². The van der Waals surface area contributed by atoms with Crippen LogP contribution in [0.3, 0.4) is 0 Å². The lowest BCUT2D eigenvalue weighted by molar-refractivity contribution is -0.115. The van der Waals surface area contributed by atoms with Gasteiger partial charge in [0.1, 0.15) is 5.70 Å². The number of benzene rings is 1. The lowest BCUT2D eigenvalue weighted by atomic mass is 10.2. The summed E-state index contributed by atoms with van der Waals surface area (Å²) in [5, 5.41) is 1.23. The van der Waals surface area contributed by atoms with E-state index in [4.69, 9.17) is 34.8 Å². The number of amides is 1. The van der Waals surface area contributed by atoms with Crippen molar-refractivity contribution in [1.29, 1.82) is 0 Å². The van der Waals surface area contributed by atoms with Crippen molar-refractivity contribution in [3.8, 4) is 0 Å². The third-order valence-corrected chi connectivity index (χ3v) is 5.66. The first-order valence-electron chi connectivity index (χ1n) is 8.30. The van der Waals surface area contributed by atoms with Crippen molar-refractivity contribution in [2.75, 3.05) is 37.6 Å². The SMILES string of the molecule is C=C1C(Cl)=C(N2CCN(CCC)CC2)C(=O)N1c1ccc(Cl)c(Cl)c1. The molecule has 134 valence electrons. The average molecular weight is 401 g/mol. The van der Waals surface area contributed by atoms with Crippen LogP contribution >= 0.6 is 34.8 Å². The number of rotatable bonds is 4. The number of carbonyl (C=O) groups excluding carboxylic acids is 1. The maximum atomic E-state index is 13.0. The minimum atomic E-state index is -0.169. The molecule has 0 bridgehead atoms. The quantitative estimate of drug-likeness (QED) is 0.752. The van der Waals surface area contributed by atoms with Gasteiger partial charge in [0.15, 0.2) is 0 Å². The Hall–Kier alpha value is -1.20. The third-order valence-electron chi connectivity index (χ3n) is 4.53. The highest BCUT2D eigenvalue weighted by atomic mass is 35.5. The van der Waals surface area contributed by atoms with Gasteiger partial charge in [-0.1, -0.05) is 48.3 Å². The number of allylic oxidation sites excluding steroid dienone is 1. The van der Waals surface area contributed by atoms with Gasteiger partial charge < -0.3 is 4.90 Å². The van der Waals surface area contributed by atoms with E-state index in [1.54, 1.807) is 18.2 Å². The molecular weight excluding hydrogens is 381 g/mol. The van der Waals surface area contributed by atoms with Crippen molar-refractivity contribution in [1.82, 2.24) is 9.80 Å². The number of halogens is 3. The van der Waals surface area contributed by atoms with Crippen LogP contribution in [-0.2, 0) is 4.79 Å². The van der Waals surface area contributed by atoms with Crippen molar-refractivity contribution >= 4 is 46.4 Å². The summed E-state index contributed by atoms with van der Waals surface area (Å²) in [6, 6.07) is 5.05. The van der Waals surface area contributed by atoms with Gasteiger partial charge in [0.05, 0.1) is 26.5 Å². The maximum absolute atomic E-state index is 13.0. The molecule has 0 aromatic heterocycles. The van der Waals surface area contributed by atoms with Gasteiger partial charge in [-0.25, -0.2) is 0 Å². The fraction of sp³-hybridized carbons (Fsp3) is 0.389. The molecule has 1 fully saturated rings.